The van der Waals surface area contributed by atoms with Gasteiger partial charge in [0.15, 0.2) is 0 Å². The number of carbonyl (C=O) groups excluding carboxylic acids is 2. The molecule has 19 heavy (non-hydrogen) atoms. The monoisotopic (exact) mass is 267 g/mol. The molecule has 0 aromatic heterocycles. The fourth-order valence-corrected chi connectivity index (χ4v) is 3.36. The van der Waals surface area contributed by atoms with Crippen LogP contribution < -0.4 is 5.32 Å². The number of esters is 1. The van der Waals surface area contributed by atoms with Crippen LogP contribution in [0.2, 0.25) is 0 Å². The van der Waals surface area contributed by atoms with Crippen LogP contribution in [0.25, 0.3) is 0 Å². The predicted octanol–water partition coefficient (Wildman–Crippen LogP) is 2.21. The van der Waals surface area contributed by atoms with Gasteiger partial charge in [0.25, 0.3) is 0 Å². The molecule has 1 aliphatic carbocycles. The number of nitrogens with one attached hydrogen (secondary N) is 1. The number of Topliss-reactive ketones (excluding diaryl/α,β-unsaturated/α-hetero) is 1. The van der Waals surface area contributed by atoms with E-state index in [4.69, 9.17) is 4.74 Å². The van der Waals surface area contributed by atoms with Crippen LogP contribution in [0, 0.1) is 5.41 Å². The highest BCUT2D eigenvalue weighted by atomic mass is 16.6. The van der Waals surface area contributed by atoms with Crippen LogP contribution in [0.3, 0.4) is 0 Å². The van der Waals surface area contributed by atoms with Gasteiger partial charge in [0.2, 0.25) is 0 Å². The molecule has 2 fully saturated rings. The van der Waals surface area contributed by atoms with E-state index in [1.807, 2.05) is 20.8 Å². The summed E-state index contributed by atoms with van der Waals surface area (Å²) in [7, 11) is 0. The van der Waals surface area contributed by atoms with E-state index < -0.39 is 17.1 Å². The number of ether oxygens (including phenoxy) is 1. The molecule has 0 amide bonds. The first-order valence-corrected chi connectivity index (χ1v) is 7.35. The molecule has 1 aliphatic heterocycles. The number of hydrogen-bond donors (Lipinski definition) is 1. The second-order valence-corrected chi connectivity index (χ2v) is 6.81. The minimum atomic E-state index is -0.505. The second kappa shape index (κ2) is 5.23. The zero-order valence-electron chi connectivity index (χ0n) is 12.3. The Morgan fingerprint density at radius 3 is 2.47 bits per heavy atom. The molecule has 0 bridgehead atoms. The van der Waals surface area contributed by atoms with Crippen molar-refractivity contribution in [3.8, 4) is 0 Å². The number of hydrogen-bond acceptors (Lipinski definition) is 4. The molecule has 1 saturated carbocycles. The van der Waals surface area contributed by atoms with Gasteiger partial charge in [-0.1, -0.05) is 19.3 Å². The molecule has 0 aromatic rings. The maximum Gasteiger partial charge on any atom is 0.324 e. The Morgan fingerprint density at radius 1 is 1.26 bits per heavy atom. The first-order chi connectivity index (χ1) is 8.85. The molecular formula is C15H25NO3. The molecule has 2 aliphatic rings. The van der Waals surface area contributed by atoms with Gasteiger partial charge in [0, 0.05) is 13.0 Å². The van der Waals surface area contributed by atoms with Gasteiger partial charge in [0.05, 0.1) is 5.41 Å². The lowest BCUT2D eigenvalue weighted by atomic mass is 9.64. The number of ketones is 1. The van der Waals surface area contributed by atoms with E-state index in [2.05, 4.69) is 5.32 Å². The highest BCUT2D eigenvalue weighted by Gasteiger charge is 2.51. The third kappa shape index (κ3) is 2.99. The van der Waals surface area contributed by atoms with Gasteiger partial charge in [-0.25, -0.2) is 0 Å². The lowest BCUT2D eigenvalue weighted by Crippen LogP contribution is -2.60. The molecule has 1 saturated heterocycles. The van der Waals surface area contributed by atoms with Crippen molar-refractivity contribution in [3.05, 3.63) is 0 Å². The van der Waals surface area contributed by atoms with Crippen LogP contribution in [0.5, 0.6) is 0 Å². The highest BCUT2D eigenvalue weighted by Crippen LogP contribution is 2.43. The molecule has 108 valence electrons. The molecule has 1 unspecified atom stereocenters. The average molecular weight is 267 g/mol. The van der Waals surface area contributed by atoms with Crippen LogP contribution in [-0.4, -0.2) is 29.9 Å². The Morgan fingerprint density at radius 2 is 1.89 bits per heavy atom. The van der Waals surface area contributed by atoms with E-state index in [1.165, 1.54) is 0 Å². The zero-order valence-corrected chi connectivity index (χ0v) is 12.3. The van der Waals surface area contributed by atoms with Gasteiger partial charge in [-0.2, -0.15) is 0 Å². The summed E-state index contributed by atoms with van der Waals surface area (Å²) in [5, 5.41) is 3.24. The van der Waals surface area contributed by atoms with Gasteiger partial charge in [0.1, 0.15) is 17.4 Å². The van der Waals surface area contributed by atoms with E-state index in [-0.39, 0.29) is 11.8 Å². The standard InChI is InChI=1S/C15H25NO3/c1-14(2,3)19-13(18)12-15(8-5-4-6-9-15)11(17)7-10-16-12/h12,16H,4-10H2,1-3H3. The quantitative estimate of drug-likeness (QED) is 0.740. The summed E-state index contributed by atoms with van der Waals surface area (Å²) >= 11 is 0. The lowest BCUT2D eigenvalue weighted by molar-refractivity contribution is -0.167. The Hall–Kier alpha value is -0.900. The first kappa shape index (κ1) is 14.5. The maximum atomic E-state index is 12.4. The van der Waals surface area contributed by atoms with E-state index in [0.717, 1.165) is 32.1 Å². The van der Waals surface area contributed by atoms with Crippen molar-refractivity contribution >= 4 is 11.8 Å². The van der Waals surface area contributed by atoms with Gasteiger partial charge in [-0.3, -0.25) is 9.59 Å². The molecule has 4 heteroatoms. The minimum absolute atomic E-state index is 0.252. The molecular weight excluding hydrogens is 242 g/mol. The fourth-order valence-electron chi connectivity index (χ4n) is 3.36. The second-order valence-electron chi connectivity index (χ2n) is 6.81. The normalized spacial score (nSPS) is 27.3. The SMILES string of the molecule is CC(C)(C)OC(=O)C1NCCC(=O)C12CCCCC2. The van der Waals surface area contributed by atoms with Crippen molar-refractivity contribution in [1.29, 1.82) is 0 Å². The molecule has 1 atom stereocenters. The smallest absolute Gasteiger partial charge is 0.324 e. The van der Waals surface area contributed by atoms with Crippen molar-refractivity contribution < 1.29 is 14.3 Å². The van der Waals surface area contributed by atoms with Crippen molar-refractivity contribution in [2.24, 2.45) is 5.41 Å². The van der Waals surface area contributed by atoms with Crippen LogP contribution in [0.4, 0.5) is 0 Å². The van der Waals surface area contributed by atoms with Crippen LogP contribution in [-0.2, 0) is 14.3 Å². The number of piperidine rings is 1. The number of carbonyl (C=O) groups is 2. The van der Waals surface area contributed by atoms with Gasteiger partial charge in [-0.15, -0.1) is 0 Å². The van der Waals surface area contributed by atoms with Crippen molar-refractivity contribution in [1.82, 2.24) is 5.32 Å². The van der Waals surface area contributed by atoms with E-state index in [0.29, 0.717) is 13.0 Å². The third-order valence-electron chi connectivity index (χ3n) is 4.20. The van der Waals surface area contributed by atoms with E-state index >= 15 is 0 Å². The minimum Gasteiger partial charge on any atom is -0.459 e. The lowest BCUT2D eigenvalue weighted by Gasteiger charge is -2.44. The average Bonchev–Trinajstić information content (AvgIpc) is 2.32. The van der Waals surface area contributed by atoms with Crippen LogP contribution >= 0.6 is 0 Å². The highest BCUT2D eigenvalue weighted by molar-refractivity contribution is 5.93. The van der Waals surface area contributed by atoms with Crippen LogP contribution in [0.1, 0.15) is 59.3 Å². The molecule has 1 spiro atoms. The summed E-state index contributed by atoms with van der Waals surface area (Å²) in [6, 6.07) is -0.451. The summed E-state index contributed by atoms with van der Waals surface area (Å²) in [6.45, 7) is 6.18. The van der Waals surface area contributed by atoms with Crippen LogP contribution in [0.15, 0.2) is 0 Å². The number of rotatable bonds is 1. The molecule has 4 nitrogen and oxygen atoms in total. The summed E-state index contributed by atoms with van der Waals surface area (Å²) in [4.78, 5) is 24.8. The Kier molecular flexibility index (Phi) is 4.00. The molecule has 0 aromatic carbocycles. The van der Waals surface area contributed by atoms with Crippen molar-refractivity contribution in [2.45, 2.75) is 70.9 Å². The zero-order chi connectivity index (χ0) is 14.1. The fraction of sp³-hybridized carbons (Fsp3) is 0.867. The van der Waals surface area contributed by atoms with E-state index in [1.54, 1.807) is 0 Å². The summed E-state index contributed by atoms with van der Waals surface area (Å²) in [5.74, 6) is -0.00995. The van der Waals surface area contributed by atoms with Crippen molar-refractivity contribution in [2.75, 3.05) is 6.54 Å². The molecule has 1 heterocycles. The Balaban J connectivity index is 2.20. The van der Waals surface area contributed by atoms with Gasteiger partial charge in [-0.05, 0) is 33.6 Å². The summed E-state index contributed by atoms with van der Waals surface area (Å²) in [6.07, 6.45) is 5.42. The molecule has 0 radical (unpaired) electrons. The Bertz CT molecular complexity index is 364. The molecule has 2 rings (SSSR count). The van der Waals surface area contributed by atoms with E-state index in [9.17, 15) is 9.59 Å². The summed E-state index contributed by atoms with van der Waals surface area (Å²) < 4.78 is 5.50. The van der Waals surface area contributed by atoms with Gasteiger partial charge >= 0.3 is 5.97 Å². The maximum absolute atomic E-state index is 12.4. The third-order valence-corrected chi connectivity index (χ3v) is 4.20. The first-order valence-electron chi connectivity index (χ1n) is 7.35. The van der Waals surface area contributed by atoms with Gasteiger partial charge < -0.3 is 10.1 Å². The summed E-state index contributed by atoms with van der Waals surface area (Å²) in [5.41, 5.74) is -1.01. The topological polar surface area (TPSA) is 55.4 Å². The van der Waals surface area contributed by atoms with Crippen molar-refractivity contribution in [3.63, 3.8) is 0 Å². The predicted molar refractivity (Wildman–Crippen MR) is 72.8 cm³/mol. The Labute approximate surface area is 115 Å². The molecule has 1 N–H and O–H groups in total. The largest absolute Gasteiger partial charge is 0.459 e.